The first-order valence-corrected chi connectivity index (χ1v) is 12.7. The lowest BCUT2D eigenvalue weighted by molar-refractivity contribution is -0.157. The number of carbonyl (C=O) groups excluding carboxylic acids is 2. The molecular formula is C29H22N6O7. The lowest BCUT2D eigenvalue weighted by atomic mass is 9.76. The first-order valence-electron chi connectivity index (χ1n) is 12.7. The third-order valence-electron chi connectivity index (χ3n) is 7.04. The largest absolute Gasteiger partial charge is 0.468 e. The number of fused-ring (bicyclic) bond motifs is 2. The van der Waals surface area contributed by atoms with Gasteiger partial charge in [-0.2, -0.15) is 0 Å². The van der Waals surface area contributed by atoms with E-state index in [0.717, 1.165) is 5.39 Å². The molecule has 6 aromatic rings. The molecule has 6 rings (SSSR count). The van der Waals surface area contributed by atoms with E-state index in [-0.39, 0.29) is 12.8 Å². The van der Waals surface area contributed by atoms with Gasteiger partial charge in [-0.25, -0.2) is 19.0 Å². The fourth-order valence-corrected chi connectivity index (χ4v) is 4.82. The second-order valence-electron chi connectivity index (χ2n) is 9.75. The Kier molecular flexibility index (Phi) is 6.53. The minimum atomic E-state index is -1.65. The van der Waals surface area contributed by atoms with Crippen LogP contribution in [0, 0.1) is 5.41 Å². The average Bonchev–Trinajstić information content (AvgIpc) is 3.65. The Labute approximate surface area is 235 Å². The van der Waals surface area contributed by atoms with Gasteiger partial charge in [0.05, 0.1) is 42.3 Å². The zero-order valence-corrected chi connectivity index (χ0v) is 22.4. The summed E-state index contributed by atoms with van der Waals surface area (Å²) in [6.45, 7) is 1.31. The van der Waals surface area contributed by atoms with Crippen LogP contribution in [0.15, 0.2) is 91.5 Å². The van der Waals surface area contributed by atoms with Crippen LogP contribution in [0.3, 0.4) is 0 Å². The van der Waals surface area contributed by atoms with Crippen LogP contribution in [0.4, 0.5) is 0 Å². The Morgan fingerprint density at radius 3 is 1.93 bits per heavy atom. The number of hydrogen-bond acceptors (Lipinski definition) is 11. The van der Waals surface area contributed by atoms with Crippen LogP contribution in [0.1, 0.15) is 18.3 Å². The standard InChI is InChI=1S/C29H22N6O7/c1-17(36)29(28(39)40-2,13-20-15-34(32-30-20)22-7-8-24-19(11-22)5-10-26(37)41-24)14-21-16-35(33-31-21)23-6-3-18-4-9-27(38)42-25(18)12-23/h3-12,15-16H,13-14H2,1-2H3. The Hall–Kier alpha value is -5.72. The highest BCUT2D eigenvalue weighted by Gasteiger charge is 2.46. The molecule has 1 unspecified atom stereocenters. The van der Waals surface area contributed by atoms with E-state index in [9.17, 15) is 19.2 Å². The SMILES string of the molecule is COC(=O)C(Cc1cn(-c2ccc3oc(=O)ccc3c2)nn1)(Cc1cn(-c2ccc3ccc(=O)oc3c2)nn1)C(C)=O. The van der Waals surface area contributed by atoms with E-state index < -0.39 is 28.4 Å². The summed E-state index contributed by atoms with van der Waals surface area (Å²) in [5.41, 5.74) is 0.148. The number of carbonyl (C=O) groups is 2. The summed E-state index contributed by atoms with van der Waals surface area (Å²) in [7, 11) is 1.21. The smallest absolute Gasteiger partial charge is 0.336 e. The van der Waals surface area contributed by atoms with Gasteiger partial charge in [-0.15, -0.1) is 10.2 Å². The Morgan fingerprint density at radius 1 is 0.762 bits per heavy atom. The van der Waals surface area contributed by atoms with Crippen molar-refractivity contribution in [2.45, 2.75) is 19.8 Å². The molecule has 2 aromatic carbocycles. The first-order chi connectivity index (χ1) is 20.2. The minimum absolute atomic E-state index is 0.106. The normalized spacial score (nSPS) is 12.8. The van der Waals surface area contributed by atoms with Crippen LogP contribution in [0.25, 0.3) is 33.3 Å². The van der Waals surface area contributed by atoms with Gasteiger partial charge in [0, 0.05) is 41.8 Å². The van der Waals surface area contributed by atoms with Crippen molar-refractivity contribution in [3.05, 3.63) is 105 Å². The van der Waals surface area contributed by atoms with Crippen molar-refractivity contribution < 1.29 is 23.2 Å². The van der Waals surface area contributed by atoms with Gasteiger partial charge in [0.1, 0.15) is 22.4 Å². The molecule has 210 valence electrons. The maximum absolute atomic E-state index is 13.2. The number of ketones is 1. The highest BCUT2D eigenvalue weighted by atomic mass is 16.5. The molecule has 0 saturated heterocycles. The average molecular weight is 567 g/mol. The van der Waals surface area contributed by atoms with Crippen molar-refractivity contribution in [1.82, 2.24) is 30.0 Å². The third kappa shape index (κ3) is 4.87. The van der Waals surface area contributed by atoms with Gasteiger partial charge < -0.3 is 13.6 Å². The van der Waals surface area contributed by atoms with Gasteiger partial charge in [-0.1, -0.05) is 10.4 Å². The van der Waals surface area contributed by atoms with Crippen molar-refractivity contribution in [2.75, 3.05) is 7.11 Å². The van der Waals surface area contributed by atoms with Gasteiger partial charge in [0.25, 0.3) is 0 Å². The van der Waals surface area contributed by atoms with Gasteiger partial charge >= 0.3 is 17.2 Å². The summed E-state index contributed by atoms with van der Waals surface area (Å²) in [5.74, 6) is -1.18. The molecule has 0 N–H and O–H groups in total. The Bertz CT molecular complexity index is 2110. The lowest BCUT2D eigenvalue weighted by Gasteiger charge is -2.26. The number of esters is 1. The van der Waals surface area contributed by atoms with Crippen molar-refractivity contribution in [3.8, 4) is 11.4 Å². The van der Waals surface area contributed by atoms with Crippen LogP contribution >= 0.6 is 0 Å². The van der Waals surface area contributed by atoms with E-state index in [4.69, 9.17) is 13.6 Å². The molecule has 4 heterocycles. The zero-order chi connectivity index (χ0) is 29.4. The minimum Gasteiger partial charge on any atom is -0.468 e. The van der Waals surface area contributed by atoms with Gasteiger partial charge in [-0.3, -0.25) is 9.59 Å². The summed E-state index contributed by atoms with van der Waals surface area (Å²) in [6, 6.07) is 16.3. The van der Waals surface area contributed by atoms with Crippen molar-refractivity contribution in [2.24, 2.45) is 5.41 Å². The Balaban J connectivity index is 1.30. The highest BCUT2D eigenvalue weighted by molar-refractivity contribution is 6.03. The topological polar surface area (TPSA) is 165 Å². The number of benzene rings is 2. The van der Waals surface area contributed by atoms with Gasteiger partial charge in [0.2, 0.25) is 0 Å². The molecule has 0 bridgehead atoms. The summed E-state index contributed by atoms with van der Waals surface area (Å²) in [6.07, 6.45) is 2.98. The Morgan fingerprint density at radius 2 is 1.31 bits per heavy atom. The second kappa shape index (κ2) is 10.4. The number of aromatic nitrogens is 6. The molecule has 4 aromatic heterocycles. The van der Waals surface area contributed by atoms with Gasteiger partial charge in [0.15, 0.2) is 0 Å². The molecule has 0 fully saturated rings. The van der Waals surface area contributed by atoms with Crippen molar-refractivity contribution in [3.63, 3.8) is 0 Å². The molecule has 42 heavy (non-hydrogen) atoms. The molecule has 1 atom stereocenters. The molecule has 0 amide bonds. The molecule has 0 saturated carbocycles. The molecule has 0 radical (unpaired) electrons. The van der Waals surface area contributed by atoms with E-state index in [1.54, 1.807) is 60.9 Å². The first kappa shape index (κ1) is 26.5. The highest BCUT2D eigenvalue weighted by Crippen LogP contribution is 2.31. The number of nitrogens with zero attached hydrogens (tertiary/aromatic N) is 6. The van der Waals surface area contributed by atoms with Crippen LogP contribution in [-0.2, 0) is 27.2 Å². The zero-order valence-electron chi connectivity index (χ0n) is 22.4. The van der Waals surface area contributed by atoms with Crippen molar-refractivity contribution in [1.29, 1.82) is 0 Å². The third-order valence-corrected chi connectivity index (χ3v) is 7.04. The molecule has 0 aliphatic carbocycles. The molecule has 0 aliphatic heterocycles. The summed E-state index contributed by atoms with van der Waals surface area (Å²) in [5, 5.41) is 18.1. The van der Waals surface area contributed by atoms with Crippen molar-refractivity contribution >= 4 is 33.7 Å². The fourth-order valence-electron chi connectivity index (χ4n) is 4.82. The second-order valence-corrected chi connectivity index (χ2v) is 9.75. The van der Waals surface area contributed by atoms with E-state index >= 15 is 0 Å². The molecule has 0 aliphatic rings. The molecular weight excluding hydrogens is 544 g/mol. The quantitative estimate of drug-likeness (QED) is 0.151. The van der Waals surface area contributed by atoms with Crippen LogP contribution in [0.5, 0.6) is 0 Å². The molecule has 13 nitrogen and oxygen atoms in total. The summed E-state index contributed by atoms with van der Waals surface area (Å²) < 4.78 is 18.5. The monoisotopic (exact) mass is 566 g/mol. The fraction of sp³-hybridized carbons (Fsp3) is 0.172. The number of hydrogen-bond donors (Lipinski definition) is 0. The van der Waals surface area contributed by atoms with E-state index in [1.807, 2.05) is 0 Å². The van der Waals surface area contributed by atoms with Crippen LogP contribution < -0.4 is 11.3 Å². The molecule has 0 spiro atoms. The van der Waals surface area contributed by atoms with Crippen LogP contribution in [-0.4, -0.2) is 48.9 Å². The number of ether oxygens (including phenoxy) is 1. The lowest BCUT2D eigenvalue weighted by Crippen LogP contribution is -2.43. The predicted molar refractivity (Wildman–Crippen MR) is 147 cm³/mol. The summed E-state index contributed by atoms with van der Waals surface area (Å²) >= 11 is 0. The number of rotatable bonds is 8. The number of methoxy groups -OCH3 is 1. The van der Waals surface area contributed by atoms with E-state index in [1.165, 1.54) is 35.5 Å². The van der Waals surface area contributed by atoms with E-state index in [0.29, 0.717) is 39.3 Å². The number of Topliss-reactive ketones (excluding diaryl/α,β-unsaturated/α-hetero) is 1. The van der Waals surface area contributed by atoms with Gasteiger partial charge in [-0.05, 0) is 49.4 Å². The molecule has 13 heteroatoms. The maximum atomic E-state index is 13.2. The summed E-state index contributed by atoms with van der Waals surface area (Å²) in [4.78, 5) is 49.4. The predicted octanol–water partition coefficient (Wildman–Crippen LogP) is 2.59. The maximum Gasteiger partial charge on any atom is 0.336 e. The van der Waals surface area contributed by atoms with Crippen LogP contribution in [0.2, 0.25) is 0 Å². The van der Waals surface area contributed by atoms with E-state index in [2.05, 4.69) is 20.6 Å².